The molecule has 0 aliphatic carbocycles. The van der Waals surface area contributed by atoms with E-state index in [9.17, 15) is 14.3 Å². The van der Waals surface area contributed by atoms with Gasteiger partial charge in [0.05, 0.1) is 11.3 Å². The van der Waals surface area contributed by atoms with E-state index in [1.54, 1.807) is 24.3 Å². The van der Waals surface area contributed by atoms with Crippen LogP contribution in [0.1, 0.15) is 11.1 Å². The predicted octanol–water partition coefficient (Wildman–Crippen LogP) is 2.77. The average Bonchev–Trinajstić information content (AvgIpc) is 2.51. The van der Waals surface area contributed by atoms with Crippen LogP contribution in [0.15, 0.2) is 42.5 Å². The van der Waals surface area contributed by atoms with Crippen LogP contribution in [-0.2, 0) is 6.42 Å². The molecule has 0 saturated carbocycles. The van der Waals surface area contributed by atoms with Gasteiger partial charge in [0.2, 0.25) is 0 Å². The monoisotopic (exact) mass is 299 g/mol. The number of hydrogen-bond donors (Lipinski definition) is 3. The first-order valence-electron chi connectivity index (χ1n) is 6.61. The third-order valence-electron chi connectivity index (χ3n) is 2.99. The van der Waals surface area contributed by atoms with Crippen molar-refractivity contribution in [2.75, 3.05) is 11.9 Å². The van der Waals surface area contributed by atoms with Crippen LogP contribution in [0.25, 0.3) is 0 Å². The van der Waals surface area contributed by atoms with Gasteiger partial charge in [-0.2, -0.15) is 5.26 Å². The first-order valence-corrected chi connectivity index (χ1v) is 6.61. The molecule has 0 heterocycles. The number of anilines is 1. The van der Waals surface area contributed by atoms with Crippen molar-refractivity contribution >= 4 is 11.7 Å². The molecule has 0 fully saturated rings. The molecule has 0 aromatic heterocycles. The fourth-order valence-corrected chi connectivity index (χ4v) is 1.87. The molecule has 0 aliphatic rings. The van der Waals surface area contributed by atoms with Gasteiger partial charge in [0, 0.05) is 6.54 Å². The molecule has 0 radical (unpaired) electrons. The number of amides is 2. The minimum absolute atomic E-state index is 0.0636. The summed E-state index contributed by atoms with van der Waals surface area (Å²) in [6.07, 6.45) is 0.599. The summed E-state index contributed by atoms with van der Waals surface area (Å²) in [4.78, 5) is 11.7. The second kappa shape index (κ2) is 7.09. The molecule has 6 heteroatoms. The number of phenolic OH excluding ortho intramolecular Hbond substituents is 1. The molecule has 2 aromatic carbocycles. The summed E-state index contributed by atoms with van der Waals surface area (Å²) in [5.74, 6) is -0.343. The normalized spacial score (nSPS) is 9.82. The molecule has 5 nitrogen and oxygen atoms in total. The number of urea groups is 1. The second-order valence-electron chi connectivity index (χ2n) is 4.60. The SMILES string of the molecule is N#Cc1cc(F)ccc1NC(=O)NCCc1ccc(O)cc1. The number of hydrogen-bond acceptors (Lipinski definition) is 3. The van der Waals surface area contributed by atoms with Crippen LogP contribution in [0.4, 0.5) is 14.9 Å². The first-order chi connectivity index (χ1) is 10.6. The van der Waals surface area contributed by atoms with Crippen molar-refractivity contribution in [1.29, 1.82) is 5.26 Å². The molecule has 2 aromatic rings. The lowest BCUT2D eigenvalue weighted by molar-refractivity contribution is 0.252. The molecule has 0 unspecified atom stereocenters. The Morgan fingerprint density at radius 1 is 1.23 bits per heavy atom. The minimum atomic E-state index is -0.533. The lowest BCUT2D eigenvalue weighted by atomic mass is 10.1. The fraction of sp³-hybridized carbons (Fsp3) is 0.125. The Morgan fingerprint density at radius 2 is 1.95 bits per heavy atom. The highest BCUT2D eigenvalue weighted by Crippen LogP contribution is 2.15. The van der Waals surface area contributed by atoms with E-state index in [0.29, 0.717) is 13.0 Å². The molecule has 0 bridgehead atoms. The molecule has 2 amide bonds. The van der Waals surface area contributed by atoms with Crippen molar-refractivity contribution in [2.45, 2.75) is 6.42 Å². The van der Waals surface area contributed by atoms with Gasteiger partial charge < -0.3 is 15.7 Å². The summed E-state index contributed by atoms with van der Waals surface area (Å²) in [7, 11) is 0. The van der Waals surface area contributed by atoms with Crippen molar-refractivity contribution in [3.8, 4) is 11.8 Å². The van der Waals surface area contributed by atoms with Gasteiger partial charge in [0.1, 0.15) is 17.6 Å². The quantitative estimate of drug-likeness (QED) is 0.811. The van der Waals surface area contributed by atoms with Crippen LogP contribution in [-0.4, -0.2) is 17.7 Å². The number of nitriles is 1. The number of nitrogens with zero attached hydrogens (tertiary/aromatic N) is 1. The van der Waals surface area contributed by atoms with Gasteiger partial charge in [-0.05, 0) is 42.3 Å². The highest BCUT2D eigenvalue weighted by molar-refractivity contribution is 5.90. The number of benzene rings is 2. The Bertz CT molecular complexity index is 708. The van der Waals surface area contributed by atoms with Gasteiger partial charge in [0.15, 0.2) is 0 Å². The van der Waals surface area contributed by atoms with Gasteiger partial charge in [-0.1, -0.05) is 12.1 Å². The zero-order valence-electron chi connectivity index (χ0n) is 11.6. The number of carbonyl (C=O) groups excluding carboxylic acids is 1. The summed E-state index contributed by atoms with van der Waals surface area (Å²) in [5.41, 5.74) is 1.29. The maximum Gasteiger partial charge on any atom is 0.319 e. The maximum absolute atomic E-state index is 13.0. The van der Waals surface area contributed by atoms with Gasteiger partial charge in [0.25, 0.3) is 0 Å². The lowest BCUT2D eigenvalue weighted by Gasteiger charge is -2.09. The zero-order valence-corrected chi connectivity index (χ0v) is 11.6. The van der Waals surface area contributed by atoms with E-state index in [2.05, 4.69) is 10.6 Å². The van der Waals surface area contributed by atoms with Gasteiger partial charge in [-0.25, -0.2) is 9.18 Å². The number of rotatable bonds is 4. The van der Waals surface area contributed by atoms with Crippen LogP contribution in [0.2, 0.25) is 0 Å². The molecule has 0 saturated heterocycles. The number of aromatic hydroxyl groups is 1. The molecule has 112 valence electrons. The average molecular weight is 299 g/mol. The molecule has 22 heavy (non-hydrogen) atoms. The smallest absolute Gasteiger partial charge is 0.319 e. The first kappa shape index (κ1) is 15.3. The van der Waals surface area contributed by atoms with Crippen LogP contribution in [0.5, 0.6) is 5.75 Å². The van der Waals surface area contributed by atoms with E-state index >= 15 is 0 Å². The molecular formula is C16H14FN3O2. The Morgan fingerprint density at radius 3 is 2.64 bits per heavy atom. The maximum atomic E-state index is 13.0. The third kappa shape index (κ3) is 4.21. The van der Waals surface area contributed by atoms with Crippen LogP contribution >= 0.6 is 0 Å². The molecule has 2 rings (SSSR count). The van der Waals surface area contributed by atoms with Crippen molar-refractivity contribution in [1.82, 2.24) is 5.32 Å². The fourth-order valence-electron chi connectivity index (χ4n) is 1.87. The summed E-state index contributed by atoms with van der Waals surface area (Å²) in [6, 6.07) is 11.6. The Labute approximate surface area is 127 Å². The number of halogens is 1. The van der Waals surface area contributed by atoms with Crippen molar-refractivity contribution < 1.29 is 14.3 Å². The predicted molar refractivity (Wildman–Crippen MR) is 79.9 cm³/mol. The van der Waals surface area contributed by atoms with Gasteiger partial charge >= 0.3 is 6.03 Å². The van der Waals surface area contributed by atoms with Crippen LogP contribution in [0, 0.1) is 17.1 Å². The topological polar surface area (TPSA) is 85.2 Å². The molecular weight excluding hydrogens is 285 g/mol. The van der Waals surface area contributed by atoms with Crippen molar-refractivity contribution in [2.24, 2.45) is 0 Å². The van der Waals surface area contributed by atoms with E-state index in [1.165, 1.54) is 12.1 Å². The van der Waals surface area contributed by atoms with Crippen molar-refractivity contribution in [3.05, 3.63) is 59.4 Å². The zero-order chi connectivity index (χ0) is 15.9. The van der Waals surface area contributed by atoms with E-state index in [4.69, 9.17) is 5.26 Å². The second-order valence-corrected chi connectivity index (χ2v) is 4.60. The van der Waals surface area contributed by atoms with E-state index in [-0.39, 0.29) is 17.0 Å². The van der Waals surface area contributed by atoms with Crippen LogP contribution in [0.3, 0.4) is 0 Å². The Balaban J connectivity index is 1.86. The van der Waals surface area contributed by atoms with Gasteiger partial charge in [-0.3, -0.25) is 0 Å². The molecule has 0 spiro atoms. The molecule has 0 aliphatic heterocycles. The Hall–Kier alpha value is -3.07. The minimum Gasteiger partial charge on any atom is -0.508 e. The number of nitrogens with one attached hydrogen (secondary N) is 2. The highest BCUT2D eigenvalue weighted by Gasteiger charge is 2.07. The van der Waals surface area contributed by atoms with E-state index in [1.807, 2.05) is 6.07 Å². The number of phenols is 1. The molecule has 0 atom stereocenters. The largest absolute Gasteiger partial charge is 0.508 e. The summed E-state index contributed by atoms with van der Waals surface area (Å²) in [6.45, 7) is 0.389. The van der Waals surface area contributed by atoms with Crippen molar-refractivity contribution in [3.63, 3.8) is 0 Å². The Kier molecular flexibility index (Phi) is 4.94. The summed E-state index contributed by atoms with van der Waals surface area (Å²) >= 11 is 0. The summed E-state index contributed by atoms with van der Waals surface area (Å²) in [5, 5.41) is 23.2. The molecule has 3 N–H and O–H groups in total. The van der Waals surface area contributed by atoms with Crippen LogP contribution < -0.4 is 10.6 Å². The standard InChI is InChI=1S/C16H14FN3O2/c17-13-3-6-15(12(9-13)10-18)20-16(22)19-8-7-11-1-4-14(21)5-2-11/h1-6,9,21H,7-8H2,(H2,19,20,22). The van der Waals surface area contributed by atoms with Gasteiger partial charge in [-0.15, -0.1) is 0 Å². The third-order valence-corrected chi connectivity index (χ3v) is 2.99. The van der Waals surface area contributed by atoms with E-state index in [0.717, 1.165) is 11.6 Å². The number of carbonyl (C=O) groups is 1. The highest BCUT2D eigenvalue weighted by atomic mass is 19.1. The van der Waals surface area contributed by atoms with E-state index < -0.39 is 11.8 Å². The summed E-state index contributed by atoms with van der Waals surface area (Å²) < 4.78 is 13.0. The lowest BCUT2D eigenvalue weighted by Crippen LogP contribution is -2.30.